The number of ether oxygens (including phenoxy) is 1. The van der Waals surface area contributed by atoms with Gasteiger partial charge in [0.1, 0.15) is 11.6 Å². The zero-order valence-electron chi connectivity index (χ0n) is 14.1. The van der Waals surface area contributed by atoms with Crippen LogP contribution in [-0.4, -0.2) is 60.6 Å². The molecule has 144 valence electrons. The van der Waals surface area contributed by atoms with E-state index >= 15 is 0 Å². The lowest BCUT2D eigenvalue weighted by molar-refractivity contribution is -0.345. The Morgan fingerprint density at radius 1 is 1.08 bits per heavy atom. The first-order valence-corrected chi connectivity index (χ1v) is 7.74. The van der Waals surface area contributed by atoms with Gasteiger partial charge in [-0.3, -0.25) is 4.90 Å². The molecule has 0 bridgehead atoms. The van der Waals surface area contributed by atoms with Crippen LogP contribution in [0.3, 0.4) is 0 Å². The normalized spacial score (nSPS) is 14.2. The van der Waals surface area contributed by atoms with E-state index in [1.165, 1.54) is 12.1 Å². The van der Waals surface area contributed by atoms with Gasteiger partial charge >= 0.3 is 6.09 Å². The van der Waals surface area contributed by atoms with E-state index in [4.69, 9.17) is 24.5 Å². The van der Waals surface area contributed by atoms with Gasteiger partial charge in [-0.1, -0.05) is 6.07 Å². The van der Waals surface area contributed by atoms with Gasteiger partial charge in [-0.05, 0) is 13.0 Å². The zero-order chi connectivity index (χ0) is 19.7. The molecule has 0 spiro atoms. The summed E-state index contributed by atoms with van der Waals surface area (Å²) in [5.41, 5.74) is 0.469. The maximum absolute atomic E-state index is 13.6. The van der Waals surface area contributed by atoms with E-state index in [1.807, 2.05) is 4.90 Å². The summed E-state index contributed by atoms with van der Waals surface area (Å²) in [5.74, 6) is -5.47. The van der Waals surface area contributed by atoms with Gasteiger partial charge in [-0.25, -0.2) is 13.6 Å². The number of carboxylic acid groups (broad SMARTS) is 2. The second kappa shape index (κ2) is 10.3. The molecule has 10 heteroatoms. The van der Waals surface area contributed by atoms with E-state index in [0.717, 1.165) is 6.07 Å². The molecule has 0 aromatic heterocycles. The van der Waals surface area contributed by atoms with Gasteiger partial charge in [0, 0.05) is 44.4 Å². The third-order valence-corrected chi connectivity index (χ3v) is 3.47. The third-order valence-electron chi connectivity index (χ3n) is 3.47. The molecule has 1 aliphatic rings. The molecule has 0 unspecified atom stereocenters. The van der Waals surface area contributed by atoms with Crippen LogP contribution in [0.2, 0.25) is 0 Å². The Hall–Kier alpha value is -2.75. The largest absolute Gasteiger partial charge is 0.543 e. The highest BCUT2D eigenvalue weighted by molar-refractivity contribution is 6.25. The van der Waals surface area contributed by atoms with Gasteiger partial charge in [0.2, 0.25) is 0 Å². The van der Waals surface area contributed by atoms with Crippen molar-refractivity contribution in [1.82, 2.24) is 9.80 Å². The van der Waals surface area contributed by atoms with Gasteiger partial charge in [0.25, 0.3) is 0 Å². The summed E-state index contributed by atoms with van der Waals surface area (Å²) in [4.78, 5) is 33.1. The van der Waals surface area contributed by atoms with Crippen LogP contribution in [0.25, 0.3) is 0 Å². The molecule has 8 nitrogen and oxygen atoms in total. The number of hydrogen-bond acceptors (Lipinski definition) is 7. The maximum atomic E-state index is 13.6. The summed E-state index contributed by atoms with van der Waals surface area (Å²) in [6, 6.07) is 3.61. The van der Waals surface area contributed by atoms with E-state index < -0.39 is 23.6 Å². The number of amides is 1. The fourth-order valence-corrected chi connectivity index (χ4v) is 2.19. The van der Waals surface area contributed by atoms with E-state index in [2.05, 4.69) is 0 Å². The summed E-state index contributed by atoms with van der Waals surface area (Å²) >= 11 is 0. The minimum absolute atomic E-state index is 0.305. The van der Waals surface area contributed by atoms with Crippen molar-refractivity contribution in [3.05, 3.63) is 35.4 Å². The van der Waals surface area contributed by atoms with Crippen molar-refractivity contribution in [2.75, 3.05) is 32.8 Å². The quantitative estimate of drug-likeness (QED) is 0.608. The maximum Gasteiger partial charge on any atom is 0.409 e. The molecule has 1 saturated heterocycles. The summed E-state index contributed by atoms with van der Waals surface area (Å²) in [5, 5.41) is 17.9. The Bertz CT molecular complexity index is 636. The molecule has 2 rings (SSSR count). The van der Waals surface area contributed by atoms with E-state index in [-0.39, 0.29) is 6.09 Å². The van der Waals surface area contributed by atoms with Crippen LogP contribution < -0.4 is 10.2 Å². The molecule has 1 fully saturated rings. The standard InChI is InChI=1S/C14H18F2N2O2.C2H2O4/c1-2-20-14(19)18-7-5-17(6-8-18)10-11-3-4-12(15)9-13(11)16;3-1(4)2(5)6/h3-4,9H,2,5-8,10H2,1H3;(H,3,4)(H,5,6)/p-2. The lowest BCUT2D eigenvalue weighted by atomic mass is 10.2. The Morgan fingerprint density at radius 3 is 2.12 bits per heavy atom. The summed E-state index contributed by atoms with van der Waals surface area (Å²) in [7, 11) is 0. The van der Waals surface area contributed by atoms with Crippen LogP contribution >= 0.6 is 0 Å². The van der Waals surface area contributed by atoms with Crippen LogP contribution in [0.1, 0.15) is 12.5 Å². The zero-order valence-corrected chi connectivity index (χ0v) is 14.1. The fraction of sp³-hybridized carbons (Fsp3) is 0.438. The summed E-state index contributed by atoms with van der Waals surface area (Å²) in [6.45, 7) is 4.96. The van der Waals surface area contributed by atoms with Crippen LogP contribution in [0.5, 0.6) is 0 Å². The van der Waals surface area contributed by atoms with Crippen LogP contribution in [0, 0.1) is 11.6 Å². The smallest absolute Gasteiger partial charge is 0.409 e. The lowest BCUT2D eigenvalue weighted by Crippen LogP contribution is -2.48. The Balaban J connectivity index is 0.000000487. The van der Waals surface area contributed by atoms with Crippen LogP contribution in [0.15, 0.2) is 18.2 Å². The second-order valence-electron chi connectivity index (χ2n) is 5.27. The molecular formula is C16H18F2N2O6-2. The number of rotatable bonds is 3. The van der Waals surface area contributed by atoms with Crippen molar-refractivity contribution in [3.8, 4) is 0 Å². The molecular weight excluding hydrogens is 354 g/mol. The van der Waals surface area contributed by atoms with Crippen molar-refractivity contribution in [1.29, 1.82) is 0 Å². The SMILES string of the molecule is CCOC(=O)N1CCN(Cc2ccc(F)cc2F)CC1.O=C([O-])C(=O)[O-]. The van der Waals surface area contributed by atoms with Gasteiger partial charge in [-0.2, -0.15) is 0 Å². The molecule has 26 heavy (non-hydrogen) atoms. The summed E-state index contributed by atoms with van der Waals surface area (Å²) < 4.78 is 31.3. The monoisotopic (exact) mass is 372 g/mol. The first-order chi connectivity index (χ1) is 12.2. The van der Waals surface area contributed by atoms with Crippen LogP contribution in [0.4, 0.5) is 13.6 Å². The Morgan fingerprint density at radius 2 is 1.65 bits per heavy atom. The minimum atomic E-state index is -2.19. The highest BCUT2D eigenvalue weighted by atomic mass is 19.1. The second-order valence-corrected chi connectivity index (χ2v) is 5.27. The average Bonchev–Trinajstić information content (AvgIpc) is 2.58. The minimum Gasteiger partial charge on any atom is -0.543 e. The van der Waals surface area contributed by atoms with Gasteiger partial charge in [0.15, 0.2) is 0 Å². The molecule has 0 N–H and O–H groups in total. The molecule has 1 amide bonds. The molecule has 0 saturated carbocycles. The van der Waals surface area contributed by atoms with Crippen molar-refractivity contribution in [3.63, 3.8) is 0 Å². The molecule has 0 atom stereocenters. The van der Waals surface area contributed by atoms with Crippen molar-refractivity contribution >= 4 is 18.0 Å². The molecule has 1 aliphatic heterocycles. The predicted octanol–water partition coefficient (Wildman–Crippen LogP) is -1.27. The third kappa shape index (κ3) is 7.01. The number of halogens is 2. The first kappa shape index (κ1) is 21.3. The number of carbonyl (C=O) groups is 3. The number of hydrogen-bond donors (Lipinski definition) is 0. The number of carboxylic acids is 2. The number of aliphatic carboxylic acids is 2. The molecule has 1 aromatic carbocycles. The summed E-state index contributed by atoms with van der Waals surface area (Å²) in [6.07, 6.45) is -0.305. The van der Waals surface area contributed by atoms with Crippen LogP contribution in [-0.2, 0) is 20.9 Å². The van der Waals surface area contributed by atoms with Gasteiger partial charge in [-0.15, -0.1) is 0 Å². The molecule has 0 aliphatic carbocycles. The number of carbonyl (C=O) groups excluding carboxylic acids is 3. The number of benzene rings is 1. The average molecular weight is 372 g/mol. The fourth-order valence-electron chi connectivity index (χ4n) is 2.19. The van der Waals surface area contributed by atoms with Crippen molar-refractivity contribution in [2.45, 2.75) is 13.5 Å². The molecule has 1 aromatic rings. The lowest BCUT2D eigenvalue weighted by Gasteiger charge is -2.34. The highest BCUT2D eigenvalue weighted by Gasteiger charge is 2.22. The molecule has 1 heterocycles. The van der Waals surface area contributed by atoms with E-state index in [9.17, 15) is 13.6 Å². The number of nitrogens with zero attached hydrogens (tertiary/aromatic N) is 2. The number of piperazine rings is 1. The first-order valence-electron chi connectivity index (χ1n) is 7.74. The predicted molar refractivity (Wildman–Crippen MR) is 80.2 cm³/mol. The molecule has 0 radical (unpaired) electrons. The Labute approximate surface area is 148 Å². The van der Waals surface area contributed by atoms with E-state index in [1.54, 1.807) is 11.8 Å². The Kier molecular flexibility index (Phi) is 8.43. The van der Waals surface area contributed by atoms with Gasteiger partial charge < -0.3 is 29.4 Å². The van der Waals surface area contributed by atoms with Crippen molar-refractivity contribution < 1.29 is 38.1 Å². The van der Waals surface area contributed by atoms with Gasteiger partial charge in [0.05, 0.1) is 18.5 Å². The topological polar surface area (TPSA) is 113 Å². The van der Waals surface area contributed by atoms with E-state index in [0.29, 0.717) is 44.9 Å². The van der Waals surface area contributed by atoms with Crippen molar-refractivity contribution in [2.24, 2.45) is 0 Å². The highest BCUT2D eigenvalue weighted by Crippen LogP contribution is 2.14.